The highest BCUT2D eigenvalue weighted by Crippen LogP contribution is 2.31. The molecule has 0 spiro atoms. The van der Waals surface area contributed by atoms with Gasteiger partial charge in [-0.3, -0.25) is 4.57 Å². The van der Waals surface area contributed by atoms with Crippen molar-refractivity contribution in [2.24, 2.45) is 5.92 Å². The fraction of sp³-hybridized carbons (Fsp3) is 0.312. The highest BCUT2D eigenvalue weighted by molar-refractivity contribution is 6.30. The topological polar surface area (TPSA) is 72.2 Å². The Morgan fingerprint density at radius 2 is 2.00 bits per heavy atom. The Labute approximate surface area is 132 Å². The average Bonchev–Trinajstić information content (AvgIpc) is 3.27. The van der Waals surface area contributed by atoms with Crippen molar-refractivity contribution in [2.75, 3.05) is 0 Å². The molecule has 0 aliphatic heterocycles. The minimum atomic E-state index is -1.08. The van der Waals surface area contributed by atoms with Crippen molar-refractivity contribution in [3.8, 4) is 11.3 Å². The molecule has 1 saturated carbocycles. The van der Waals surface area contributed by atoms with Gasteiger partial charge < -0.3 is 5.11 Å². The average molecular weight is 319 g/mol. The van der Waals surface area contributed by atoms with Gasteiger partial charge in [0.2, 0.25) is 0 Å². The molecule has 1 aromatic carbocycles. The number of carboxylic acids is 1. The fourth-order valence-corrected chi connectivity index (χ4v) is 2.63. The first-order valence-electron chi connectivity index (χ1n) is 7.08. The van der Waals surface area contributed by atoms with E-state index < -0.39 is 11.7 Å². The number of hydrogen-bond donors (Lipinski definition) is 1. The van der Waals surface area contributed by atoms with Crippen LogP contribution in [0.3, 0.4) is 0 Å². The van der Waals surface area contributed by atoms with Crippen molar-refractivity contribution >= 4 is 17.6 Å². The van der Waals surface area contributed by atoms with Gasteiger partial charge in [-0.1, -0.05) is 23.7 Å². The summed E-state index contributed by atoms with van der Waals surface area (Å²) in [5.74, 6) is -0.624. The number of aromatic carboxylic acids is 1. The van der Waals surface area contributed by atoms with Gasteiger partial charge in [-0.2, -0.15) is 4.98 Å². The number of aromatic nitrogens is 2. The number of benzene rings is 1. The SMILES string of the molecule is Cc1c(C(=O)O)c(-c2ccc(Cl)cc2)nc(=O)n1CC1CC1. The molecule has 0 radical (unpaired) electrons. The molecule has 114 valence electrons. The Hall–Kier alpha value is -2.14. The summed E-state index contributed by atoms with van der Waals surface area (Å²) < 4.78 is 1.47. The number of nitrogens with zero attached hydrogens (tertiary/aromatic N) is 2. The van der Waals surface area contributed by atoms with E-state index in [-0.39, 0.29) is 11.3 Å². The lowest BCUT2D eigenvalue weighted by Crippen LogP contribution is -2.29. The first-order chi connectivity index (χ1) is 10.5. The standard InChI is InChI=1S/C16H15ClN2O3/c1-9-13(15(20)21)14(11-4-6-12(17)7-5-11)18-16(22)19(9)8-10-2-3-10/h4-7,10H,2-3,8H2,1H3,(H,20,21). The number of carbonyl (C=O) groups is 1. The molecule has 0 bridgehead atoms. The van der Waals surface area contributed by atoms with Crippen molar-refractivity contribution < 1.29 is 9.90 Å². The van der Waals surface area contributed by atoms with E-state index in [9.17, 15) is 14.7 Å². The van der Waals surface area contributed by atoms with Crippen LogP contribution in [-0.4, -0.2) is 20.6 Å². The Morgan fingerprint density at radius 3 is 2.55 bits per heavy atom. The summed E-state index contributed by atoms with van der Waals surface area (Å²) in [6.45, 7) is 2.20. The molecule has 1 aliphatic carbocycles. The van der Waals surface area contributed by atoms with Crippen LogP contribution in [0.5, 0.6) is 0 Å². The highest BCUT2D eigenvalue weighted by Gasteiger charge is 2.26. The highest BCUT2D eigenvalue weighted by atomic mass is 35.5. The molecule has 1 N–H and O–H groups in total. The molecule has 5 nitrogen and oxygen atoms in total. The van der Waals surface area contributed by atoms with Crippen LogP contribution in [0.2, 0.25) is 5.02 Å². The Balaban J connectivity index is 2.19. The van der Waals surface area contributed by atoms with Crippen molar-refractivity contribution in [1.82, 2.24) is 9.55 Å². The van der Waals surface area contributed by atoms with Crippen molar-refractivity contribution in [3.05, 3.63) is 51.0 Å². The molecular formula is C16H15ClN2O3. The number of halogens is 1. The zero-order valence-electron chi connectivity index (χ0n) is 12.0. The number of hydrogen-bond acceptors (Lipinski definition) is 3. The van der Waals surface area contributed by atoms with Crippen LogP contribution in [0, 0.1) is 12.8 Å². The molecule has 0 unspecified atom stereocenters. The largest absolute Gasteiger partial charge is 0.478 e. The molecule has 1 aromatic heterocycles. The maximum atomic E-state index is 12.3. The quantitative estimate of drug-likeness (QED) is 0.940. The first kappa shape index (κ1) is 14.8. The van der Waals surface area contributed by atoms with Gasteiger partial charge in [0.05, 0.1) is 5.69 Å². The summed E-state index contributed by atoms with van der Waals surface area (Å²) in [6.07, 6.45) is 2.15. The minimum absolute atomic E-state index is 0.0718. The summed E-state index contributed by atoms with van der Waals surface area (Å²) >= 11 is 5.85. The van der Waals surface area contributed by atoms with E-state index in [0.717, 1.165) is 12.8 Å². The Bertz CT molecular complexity index is 792. The smallest absolute Gasteiger partial charge is 0.348 e. The zero-order chi connectivity index (χ0) is 15.9. The summed E-state index contributed by atoms with van der Waals surface area (Å²) in [4.78, 5) is 28.0. The van der Waals surface area contributed by atoms with Crippen LogP contribution in [0.15, 0.2) is 29.1 Å². The molecular weight excluding hydrogens is 304 g/mol. The monoisotopic (exact) mass is 318 g/mol. The maximum absolute atomic E-state index is 12.3. The predicted molar refractivity (Wildman–Crippen MR) is 83.4 cm³/mol. The van der Waals surface area contributed by atoms with E-state index in [1.54, 1.807) is 31.2 Å². The first-order valence-corrected chi connectivity index (χ1v) is 7.46. The van der Waals surface area contributed by atoms with Crippen molar-refractivity contribution in [3.63, 3.8) is 0 Å². The molecule has 1 fully saturated rings. The van der Waals surface area contributed by atoms with Crippen LogP contribution >= 0.6 is 11.6 Å². The van der Waals surface area contributed by atoms with Crippen LogP contribution < -0.4 is 5.69 Å². The molecule has 1 aliphatic rings. The number of carboxylic acid groups (broad SMARTS) is 1. The van der Waals surface area contributed by atoms with Gasteiger partial charge in [0.1, 0.15) is 5.56 Å². The second-order valence-corrected chi connectivity index (χ2v) is 6.01. The molecule has 2 aromatic rings. The fourth-order valence-electron chi connectivity index (χ4n) is 2.51. The minimum Gasteiger partial charge on any atom is -0.478 e. The summed E-state index contributed by atoms with van der Waals surface area (Å²) in [5.41, 5.74) is 0.880. The normalized spacial score (nSPS) is 14.1. The van der Waals surface area contributed by atoms with E-state index in [0.29, 0.717) is 28.7 Å². The second kappa shape index (κ2) is 5.57. The maximum Gasteiger partial charge on any atom is 0.348 e. The van der Waals surface area contributed by atoms with Gasteiger partial charge in [-0.05, 0) is 37.8 Å². The Kier molecular flexibility index (Phi) is 3.74. The summed E-state index contributed by atoms with van der Waals surface area (Å²) in [7, 11) is 0. The van der Waals surface area contributed by atoms with E-state index in [2.05, 4.69) is 4.98 Å². The third kappa shape index (κ3) is 2.76. The van der Waals surface area contributed by atoms with E-state index >= 15 is 0 Å². The van der Waals surface area contributed by atoms with Crippen LogP contribution in [-0.2, 0) is 6.54 Å². The zero-order valence-corrected chi connectivity index (χ0v) is 12.8. The van der Waals surface area contributed by atoms with E-state index in [1.165, 1.54) is 4.57 Å². The molecule has 6 heteroatoms. The third-order valence-corrected chi connectivity index (χ3v) is 4.16. The molecule has 0 atom stereocenters. The Morgan fingerprint density at radius 1 is 1.36 bits per heavy atom. The summed E-state index contributed by atoms with van der Waals surface area (Å²) in [6, 6.07) is 6.63. The molecule has 1 heterocycles. The van der Waals surface area contributed by atoms with Gasteiger partial charge in [0.25, 0.3) is 0 Å². The molecule has 0 saturated heterocycles. The van der Waals surface area contributed by atoms with Crippen molar-refractivity contribution in [1.29, 1.82) is 0 Å². The lowest BCUT2D eigenvalue weighted by atomic mass is 10.0. The van der Waals surface area contributed by atoms with E-state index in [4.69, 9.17) is 11.6 Å². The lowest BCUT2D eigenvalue weighted by Gasteiger charge is -2.14. The van der Waals surface area contributed by atoms with Gasteiger partial charge >= 0.3 is 11.7 Å². The van der Waals surface area contributed by atoms with Gasteiger partial charge in [-0.15, -0.1) is 0 Å². The molecule has 0 amide bonds. The van der Waals surface area contributed by atoms with Crippen LogP contribution in [0.4, 0.5) is 0 Å². The summed E-state index contributed by atoms with van der Waals surface area (Å²) in [5, 5.41) is 10.1. The third-order valence-electron chi connectivity index (χ3n) is 3.91. The van der Waals surface area contributed by atoms with Gasteiger partial charge in [0.15, 0.2) is 0 Å². The van der Waals surface area contributed by atoms with Gasteiger partial charge in [-0.25, -0.2) is 9.59 Å². The van der Waals surface area contributed by atoms with Crippen LogP contribution in [0.25, 0.3) is 11.3 Å². The number of rotatable bonds is 4. The van der Waals surface area contributed by atoms with Crippen LogP contribution in [0.1, 0.15) is 28.9 Å². The second-order valence-electron chi connectivity index (χ2n) is 5.57. The predicted octanol–water partition coefficient (Wildman–Crippen LogP) is 2.98. The molecule has 22 heavy (non-hydrogen) atoms. The van der Waals surface area contributed by atoms with Gasteiger partial charge in [0, 0.05) is 22.8 Å². The van der Waals surface area contributed by atoms with Crippen molar-refractivity contribution in [2.45, 2.75) is 26.3 Å². The lowest BCUT2D eigenvalue weighted by molar-refractivity contribution is 0.0695. The van der Waals surface area contributed by atoms with E-state index in [1.807, 2.05) is 0 Å². The molecule has 3 rings (SSSR count).